The molecule has 1 aliphatic rings. The normalized spacial score (nSPS) is 13.6. The van der Waals surface area contributed by atoms with E-state index in [1.54, 1.807) is 42.5 Å². The molecule has 1 aromatic heterocycles. The van der Waals surface area contributed by atoms with Crippen molar-refractivity contribution in [3.63, 3.8) is 0 Å². The van der Waals surface area contributed by atoms with Gasteiger partial charge in [-0.05, 0) is 55.3 Å². The summed E-state index contributed by atoms with van der Waals surface area (Å²) >= 11 is 11.9. The van der Waals surface area contributed by atoms with Crippen LogP contribution in [0.15, 0.2) is 60.8 Å². The van der Waals surface area contributed by atoms with Gasteiger partial charge in [0.2, 0.25) is 0 Å². The summed E-state index contributed by atoms with van der Waals surface area (Å²) in [6.45, 7) is 0.982. The molecule has 190 valence electrons. The Morgan fingerprint density at radius 3 is 2.16 bits per heavy atom. The van der Waals surface area contributed by atoms with Gasteiger partial charge in [0.05, 0.1) is 22.2 Å². The van der Waals surface area contributed by atoms with Crippen LogP contribution in [-0.4, -0.2) is 51.7 Å². The molecule has 1 aliphatic heterocycles. The SMILES string of the molecule is N=C(c1ccc(C(=O)Nc2ccc(Cl)cc2C(=O)Nc2ccc(Cl)cn2)cc1)N1CCC(C(=O)O)CC1. The van der Waals surface area contributed by atoms with Gasteiger partial charge in [0.25, 0.3) is 11.8 Å². The molecule has 1 saturated heterocycles. The van der Waals surface area contributed by atoms with E-state index in [0.717, 1.165) is 0 Å². The van der Waals surface area contributed by atoms with E-state index in [4.69, 9.17) is 33.7 Å². The number of aliphatic carboxylic acids is 1. The van der Waals surface area contributed by atoms with Gasteiger partial charge in [0, 0.05) is 35.4 Å². The van der Waals surface area contributed by atoms with E-state index in [1.807, 2.05) is 4.90 Å². The summed E-state index contributed by atoms with van der Waals surface area (Å²) in [5, 5.41) is 23.8. The van der Waals surface area contributed by atoms with Crippen LogP contribution in [0.25, 0.3) is 0 Å². The highest BCUT2D eigenvalue weighted by molar-refractivity contribution is 6.31. The zero-order valence-electron chi connectivity index (χ0n) is 19.5. The molecule has 2 amide bonds. The smallest absolute Gasteiger partial charge is 0.306 e. The van der Waals surface area contributed by atoms with Crippen LogP contribution in [0, 0.1) is 11.3 Å². The third-order valence-electron chi connectivity index (χ3n) is 6.02. The summed E-state index contributed by atoms with van der Waals surface area (Å²) in [6, 6.07) is 14.2. The first-order valence-corrected chi connectivity index (χ1v) is 12.2. The number of hydrogen-bond donors (Lipinski definition) is 4. The fourth-order valence-electron chi connectivity index (χ4n) is 3.95. The number of likely N-dealkylation sites (tertiary alicyclic amines) is 1. The molecule has 1 fully saturated rings. The molecule has 9 nitrogen and oxygen atoms in total. The molecule has 0 spiro atoms. The number of piperidine rings is 1. The van der Waals surface area contributed by atoms with Gasteiger partial charge in [-0.25, -0.2) is 4.98 Å². The number of nitrogens with one attached hydrogen (secondary N) is 3. The number of benzene rings is 2. The van der Waals surface area contributed by atoms with Crippen molar-refractivity contribution in [2.24, 2.45) is 5.92 Å². The van der Waals surface area contributed by atoms with Gasteiger partial charge in [0.15, 0.2) is 0 Å². The molecule has 2 aromatic carbocycles. The number of carbonyl (C=O) groups is 3. The third kappa shape index (κ3) is 6.44. The number of anilines is 2. The van der Waals surface area contributed by atoms with Crippen molar-refractivity contribution in [1.82, 2.24) is 9.88 Å². The lowest BCUT2D eigenvalue weighted by Crippen LogP contribution is -2.40. The van der Waals surface area contributed by atoms with Gasteiger partial charge in [-0.3, -0.25) is 19.8 Å². The summed E-state index contributed by atoms with van der Waals surface area (Å²) < 4.78 is 0. The maximum Gasteiger partial charge on any atom is 0.306 e. The maximum atomic E-state index is 12.9. The van der Waals surface area contributed by atoms with Gasteiger partial charge < -0.3 is 20.6 Å². The predicted molar refractivity (Wildman–Crippen MR) is 142 cm³/mol. The van der Waals surface area contributed by atoms with Crippen LogP contribution in [0.3, 0.4) is 0 Å². The average molecular weight is 540 g/mol. The van der Waals surface area contributed by atoms with Crippen molar-refractivity contribution in [3.05, 3.63) is 87.5 Å². The van der Waals surface area contributed by atoms with Gasteiger partial charge in [-0.15, -0.1) is 0 Å². The summed E-state index contributed by atoms with van der Waals surface area (Å²) in [6.07, 6.45) is 2.38. The van der Waals surface area contributed by atoms with Gasteiger partial charge in [-0.2, -0.15) is 0 Å². The fraction of sp³-hybridized carbons (Fsp3) is 0.192. The van der Waals surface area contributed by atoms with Crippen molar-refractivity contribution >= 4 is 58.3 Å². The number of aromatic nitrogens is 1. The number of carboxylic acid groups (broad SMARTS) is 1. The van der Waals surface area contributed by atoms with Crippen LogP contribution in [0.5, 0.6) is 0 Å². The molecule has 0 aliphatic carbocycles. The second kappa shape index (κ2) is 11.4. The molecule has 4 rings (SSSR count). The Bertz CT molecular complexity index is 1340. The first-order valence-electron chi connectivity index (χ1n) is 11.4. The van der Waals surface area contributed by atoms with Crippen molar-refractivity contribution in [1.29, 1.82) is 5.41 Å². The number of carboxylic acids is 1. The van der Waals surface area contributed by atoms with Crippen molar-refractivity contribution < 1.29 is 19.5 Å². The zero-order chi connectivity index (χ0) is 26.5. The van der Waals surface area contributed by atoms with Crippen LogP contribution in [0.4, 0.5) is 11.5 Å². The van der Waals surface area contributed by atoms with E-state index in [2.05, 4.69) is 15.6 Å². The molecule has 0 bridgehead atoms. The van der Waals surface area contributed by atoms with E-state index in [-0.39, 0.29) is 28.8 Å². The minimum absolute atomic E-state index is 0.153. The Labute approximate surface area is 222 Å². The van der Waals surface area contributed by atoms with Gasteiger partial charge >= 0.3 is 5.97 Å². The van der Waals surface area contributed by atoms with Crippen LogP contribution in [0.1, 0.15) is 39.1 Å². The Balaban J connectivity index is 1.43. The van der Waals surface area contributed by atoms with E-state index < -0.39 is 17.8 Å². The lowest BCUT2D eigenvalue weighted by Gasteiger charge is -2.32. The number of hydrogen-bond acceptors (Lipinski definition) is 5. The Kier molecular flexibility index (Phi) is 8.05. The van der Waals surface area contributed by atoms with Crippen molar-refractivity contribution in [2.45, 2.75) is 12.8 Å². The first kappa shape index (κ1) is 26.1. The van der Waals surface area contributed by atoms with Crippen LogP contribution >= 0.6 is 23.2 Å². The minimum Gasteiger partial charge on any atom is -0.481 e. The highest BCUT2D eigenvalue weighted by Crippen LogP contribution is 2.24. The quantitative estimate of drug-likeness (QED) is 0.256. The second-order valence-corrected chi connectivity index (χ2v) is 9.36. The molecule has 37 heavy (non-hydrogen) atoms. The molecule has 0 atom stereocenters. The lowest BCUT2D eigenvalue weighted by atomic mass is 9.96. The largest absolute Gasteiger partial charge is 0.481 e. The first-order chi connectivity index (χ1) is 17.7. The number of pyridine rings is 1. The van der Waals surface area contributed by atoms with E-state index in [1.165, 1.54) is 18.3 Å². The van der Waals surface area contributed by atoms with Crippen LogP contribution in [0.2, 0.25) is 10.0 Å². The molecule has 4 N–H and O–H groups in total. The van der Waals surface area contributed by atoms with E-state index in [9.17, 15) is 14.4 Å². The number of amidine groups is 1. The number of carbonyl (C=O) groups excluding carboxylic acids is 2. The summed E-state index contributed by atoms with van der Waals surface area (Å²) in [5.74, 6) is -1.56. The van der Waals surface area contributed by atoms with Gasteiger partial charge in [-0.1, -0.05) is 35.3 Å². The lowest BCUT2D eigenvalue weighted by molar-refractivity contribution is -0.143. The number of rotatable bonds is 6. The Morgan fingerprint density at radius 1 is 0.892 bits per heavy atom. The number of halogens is 2. The topological polar surface area (TPSA) is 135 Å². The highest BCUT2D eigenvalue weighted by atomic mass is 35.5. The number of amides is 2. The van der Waals surface area contributed by atoms with Crippen molar-refractivity contribution in [2.75, 3.05) is 23.7 Å². The summed E-state index contributed by atoms with van der Waals surface area (Å²) in [7, 11) is 0. The molecule has 3 aromatic rings. The third-order valence-corrected chi connectivity index (χ3v) is 6.48. The highest BCUT2D eigenvalue weighted by Gasteiger charge is 2.26. The van der Waals surface area contributed by atoms with Gasteiger partial charge in [0.1, 0.15) is 11.7 Å². The Morgan fingerprint density at radius 2 is 1.54 bits per heavy atom. The van der Waals surface area contributed by atoms with Crippen LogP contribution in [-0.2, 0) is 4.79 Å². The summed E-state index contributed by atoms with van der Waals surface area (Å²) in [4.78, 5) is 42.8. The monoisotopic (exact) mass is 539 g/mol. The second-order valence-electron chi connectivity index (χ2n) is 8.49. The standard InChI is InChI=1S/C26H23Cl2N5O4/c27-18-5-7-21(20(13-18)25(35)32-22-8-6-19(28)14-30-22)31-24(34)16-3-1-15(2-4-16)23(29)33-11-9-17(10-12-33)26(36)37/h1-8,13-14,17,29H,9-12H2,(H,31,34)(H,36,37)(H,30,32,35). The molecule has 0 radical (unpaired) electrons. The van der Waals surface area contributed by atoms with Crippen molar-refractivity contribution in [3.8, 4) is 0 Å². The molecule has 0 unspecified atom stereocenters. The number of nitrogens with zero attached hydrogens (tertiary/aromatic N) is 2. The molecule has 2 heterocycles. The zero-order valence-corrected chi connectivity index (χ0v) is 21.0. The average Bonchev–Trinajstić information content (AvgIpc) is 2.90. The molecule has 11 heteroatoms. The van der Waals surface area contributed by atoms with E-state index in [0.29, 0.717) is 47.1 Å². The molecular formula is C26H23Cl2N5O4. The van der Waals surface area contributed by atoms with E-state index >= 15 is 0 Å². The predicted octanol–water partition coefficient (Wildman–Crippen LogP) is 5.01. The molecular weight excluding hydrogens is 517 g/mol. The maximum absolute atomic E-state index is 12.9. The van der Waals surface area contributed by atoms with Crippen LogP contribution < -0.4 is 10.6 Å². The Hall–Kier alpha value is -3.95. The fourth-order valence-corrected chi connectivity index (χ4v) is 4.24. The summed E-state index contributed by atoms with van der Waals surface area (Å²) in [5.41, 5.74) is 1.37. The molecule has 0 saturated carbocycles. The minimum atomic E-state index is -0.801.